The molecule has 1 aliphatic heterocycles. The maximum absolute atomic E-state index is 13.2. The molecule has 148 valence electrons. The average molecular weight is 402 g/mol. The van der Waals surface area contributed by atoms with Crippen molar-refractivity contribution in [2.45, 2.75) is 12.6 Å². The van der Waals surface area contributed by atoms with Crippen molar-refractivity contribution >= 4 is 18.0 Å². The van der Waals surface area contributed by atoms with Crippen molar-refractivity contribution < 1.29 is 9.13 Å². The minimum absolute atomic E-state index is 0.0362. The van der Waals surface area contributed by atoms with E-state index in [1.165, 1.54) is 12.1 Å². The Labute approximate surface area is 168 Å². The van der Waals surface area contributed by atoms with Gasteiger partial charge in [0, 0.05) is 27.2 Å². The lowest BCUT2D eigenvalue weighted by Gasteiger charge is -2.34. The summed E-state index contributed by atoms with van der Waals surface area (Å²) in [4.78, 5) is 6.92. The number of morpholine rings is 1. The van der Waals surface area contributed by atoms with Gasteiger partial charge in [0.1, 0.15) is 23.3 Å². The van der Waals surface area contributed by atoms with Crippen LogP contribution in [0.1, 0.15) is 11.1 Å². The van der Waals surface area contributed by atoms with Crippen molar-refractivity contribution in [1.29, 1.82) is 5.26 Å². The molecule has 3 rings (SSSR count). The fourth-order valence-electron chi connectivity index (χ4n) is 3.24. The number of anilines is 1. The highest BCUT2D eigenvalue weighted by molar-refractivity contribution is 7.71. The first kappa shape index (κ1) is 20.2. The van der Waals surface area contributed by atoms with Crippen molar-refractivity contribution in [3.63, 3.8) is 0 Å². The van der Waals surface area contributed by atoms with Crippen LogP contribution in [0.25, 0.3) is 0 Å². The lowest BCUT2D eigenvalue weighted by atomic mass is 10.1. The predicted octanol–water partition coefficient (Wildman–Crippen LogP) is 1.49. The van der Waals surface area contributed by atoms with Gasteiger partial charge in [0.05, 0.1) is 25.8 Å². The largest absolute Gasteiger partial charge is 0.384 e. The summed E-state index contributed by atoms with van der Waals surface area (Å²) >= 11 is 5.38. The van der Waals surface area contributed by atoms with Gasteiger partial charge in [-0.05, 0) is 29.9 Å². The second kappa shape index (κ2) is 8.65. The van der Waals surface area contributed by atoms with Crippen molar-refractivity contribution in [3.8, 4) is 6.07 Å². The third kappa shape index (κ3) is 4.14. The number of hydrogen-bond donors (Lipinski definition) is 1. The molecule has 0 spiro atoms. The number of benzene rings is 1. The number of nitrogen functional groups attached to an aromatic ring is 1. The second-order valence-electron chi connectivity index (χ2n) is 6.76. The number of nitriles is 1. The van der Waals surface area contributed by atoms with Crippen LogP contribution in [0.4, 0.5) is 10.2 Å². The first-order valence-electron chi connectivity index (χ1n) is 8.94. The summed E-state index contributed by atoms with van der Waals surface area (Å²) < 4.78 is 22.6. The van der Waals surface area contributed by atoms with Gasteiger partial charge in [-0.15, -0.1) is 0 Å². The molecule has 1 atom stereocenters. The smallest absolute Gasteiger partial charge is 0.182 e. The van der Waals surface area contributed by atoms with Gasteiger partial charge < -0.3 is 19.6 Å². The molecular weight excluding hydrogens is 379 g/mol. The third-order valence-corrected chi connectivity index (χ3v) is 5.49. The highest BCUT2D eigenvalue weighted by Crippen LogP contribution is 2.14. The number of aromatic nitrogens is 2. The van der Waals surface area contributed by atoms with Crippen LogP contribution in [0, 0.1) is 21.9 Å². The molecule has 1 saturated heterocycles. The van der Waals surface area contributed by atoms with Crippen LogP contribution >= 0.6 is 12.2 Å². The van der Waals surface area contributed by atoms with E-state index in [1.807, 2.05) is 0 Å². The fraction of sp³-hybridized carbons (Fsp3) is 0.421. The highest BCUT2D eigenvalue weighted by atomic mass is 32.1. The average Bonchev–Trinajstić information content (AvgIpc) is 2.70. The Morgan fingerprint density at radius 2 is 2.04 bits per heavy atom. The molecule has 0 aliphatic carbocycles. The minimum atomic E-state index is -0.247. The standard InChI is InChI=1S/C19H23FN6OS/c1-24-17(22)16(9-21)18(25(2)19(24)28)23-10-15-12-27-8-7-26(15)11-13-3-5-14(20)6-4-13/h3-6,15H,7-8,10-12,22H2,1-2H3. The van der Waals surface area contributed by atoms with Crippen molar-refractivity contribution in [2.24, 2.45) is 19.1 Å². The van der Waals surface area contributed by atoms with Gasteiger partial charge in [0.2, 0.25) is 0 Å². The maximum Gasteiger partial charge on any atom is 0.182 e. The van der Waals surface area contributed by atoms with E-state index < -0.39 is 0 Å². The molecule has 1 aliphatic rings. The Morgan fingerprint density at radius 3 is 2.71 bits per heavy atom. The molecule has 0 saturated carbocycles. The van der Waals surface area contributed by atoms with Crippen molar-refractivity contribution in [2.75, 3.05) is 32.0 Å². The van der Waals surface area contributed by atoms with E-state index in [0.29, 0.717) is 47.9 Å². The fourth-order valence-corrected chi connectivity index (χ4v) is 3.43. The minimum Gasteiger partial charge on any atom is -0.384 e. The number of nitrogens with two attached hydrogens (primary N) is 1. The van der Waals surface area contributed by atoms with Gasteiger partial charge in [-0.2, -0.15) is 5.26 Å². The number of halogens is 1. The molecule has 0 radical (unpaired) electrons. The molecule has 1 aromatic carbocycles. The molecule has 1 fully saturated rings. The zero-order valence-corrected chi connectivity index (χ0v) is 16.7. The Hall–Kier alpha value is -2.54. The van der Waals surface area contributed by atoms with Gasteiger partial charge in [-0.1, -0.05) is 12.1 Å². The molecule has 0 amide bonds. The van der Waals surface area contributed by atoms with Gasteiger partial charge in [0.15, 0.2) is 10.3 Å². The normalized spacial score (nSPS) is 18.2. The van der Waals surface area contributed by atoms with E-state index in [2.05, 4.69) is 16.0 Å². The molecule has 0 bridgehead atoms. The van der Waals surface area contributed by atoms with E-state index in [-0.39, 0.29) is 11.9 Å². The summed E-state index contributed by atoms with van der Waals surface area (Å²) in [7, 11) is 3.50. The van der Waals surface area contributed by atoms with E-state index in [4.69, 9.17) is 22.7 Å². The van der Waals surface area contributed by atoms with Crippen molar-refractivity contribution in [3.05, 3.63) is 51.5 Å². The third-order valence-electron chi connectivity index (χ3n) is 4.94. The summed E-state index contributed by atoms with van der Waals surface area (Å²) in [6.45, 7) is 3.05. The molecule has 2 aromatic rings. The summed E-state index contributed by atoms with van der Waals surface area (Å²) in [5, 5.41) is 9.53. The van der Waals surface area contributed by atoms with E-state index in [1.54, 1.807) is 35.4 Å². The monoisotopic (exact) mass is 402 g/mol. The topological polar surface area (TPSA) is 84.5 Å². The first-order chi connectivity index (χ1) is 13.4. The highest BCUT2D eigenvalue weighted by Gasteiger charge is 2.23. The lowest BCUT2D eigenvalue weighted by molar-refractivity contribution is -0.00807. The van der Waals surface area contributed by atoms with E-state index in [0.717, 1.165) is 12.1 Å². The van der Waals surface area contributed by atoms with E-state index in [9.17, 15) is 9.65 Å². The maximum atomic E-state index is 13.2. The van der Waals surface area contributed by atoms with Crippen LogP contribution in [-0.4, -0.2) is 46.4 Å². The first-order valence-corrected chi connectivity index (χ1v) is 9.35. The Kier molecular flexibility index (Phi) is 6.24. The van der Waals surface area contributed by atoms with Crippen LogP contribution in [0.2, 0.25) is 0 Å². The van der Waals surface area contributed by atoms with Gasteiger partial charge in [-0.25, -0.2) is 4.39 Å². The van der Waals surface area contributed by atoms with Gasteiger partial charge in [-0.3, -0.25) is 9.89 Å². The number of rotatable bonds is 4. The molecule has 1 unspecified atom stereocenters. The quantitative estimate of drug-likeness (QED) is 0.784. The Morgan fingerprint density at radius 1 is 1.32 bits per heavy atom. The summed E-state index contributed by atoms with van der Waals surface area (Å²) in [6.07, 6.45) is 0. The van der Waals surface area contributed by atoms with E-state index >= 15 is 0 Å². The van der Waals surface area contributed by atoms with Gasteiger partial charge in [0.25, 0.3) is 0 Å². The zero-order chi connectivity index (χ0) is 20.3. The molecule has 7 nitrogen and oxygen atoms in total. The van der Waals surface area contributed by atoms with Crippen LogP contribution in [0.3, 0.4) is 0 Å². The van der Waals surface area contributed by atoms with Crippen LogP contribution in [-0.2, 0) is 25.4 Å². The summed E-state index contributed by atoms with van der Waals surface area (Å²) in [5.41, 5.74) is 7.85. The van der Waals surface area contributed by atoms with Crippen LogP contribution < -0.4 is 11.2 Å². The number of nitrogens with zero attached hydrogens (tertiary/aromatic N) is 5. The number of hydrogen-bond acceptors (Lipinski definition) is 6. The van der Waals surface area contributed by atoms with Crippen LogP contribution in [0.15, 0.2) is 29.3 Å². The molecule has 2 heterocycles. The molecule has 28 heavy (non-hydrogen) atoms. The Balaban J connectivity index is 1.88. The molecular formula is C19H23FN6OS. The molecule has 2 N–H and O–H groups in total. The van der Waals surface area contributed by atoms with Crippen molar-refractivity contribution in [1.82, 2.24) is 14.0 Å². The molecule has 9 heteroatoms. The molecule has 1 aromatic heterocycles. The zero-order valence-electron chi connectivity index (χ0n) is 15.9. The number of ether oxygens (including phenoxy) is 1. The van der Waals surface area contributed by atoms with Crippen LogP contribution in [0.5, 0.6) is 0 Å². The lowest BCUT2D eigenvalue weighted by Crippen LogP contribution is -2.47. The van der Waals surface area contributed by atoms with Gasteiger partial charge >= 0.3 is 0 Å². The predicted molar refractivity (Wildman–Crippen MR) is 106 cm³/mol. The Bertz CT molecular complexity index is 1020. The SMILES string of the molecule is Cn1c(N)c(C#N)c(=NCC2COCCN2Cc2ccc(F)cc2)n(C)c1=S. The second-order valence-corrected chi connectivity index (χ2v) is 7.13. The summed E-state index contributed by atoms with van der Waals surface area (Å²) in [5.74, 6) is 0.0516. The summed E-state index contributed by atoms with van der Waals surface area (Å²) in [6, 6.07) is 8.67.